The van der Waals surface area contributed by atoms with Crippen LogP contribution in [0, 0.1) is 6.92 Å². The first-order chi connectivity index (χ1) is 8.88. The van der Waals surface area contributed by atoms with Gasteiger partial charge < -0.3 is 10.8 Å². The Kier molecular flexibility index (Phi) is 3.20. The lowest BCUT2D eigenvalue weighted by Crippen LogP contribution is -2.08. The minimum atomic E-state index is -1.17. The summed E-state index contributed by atoms with van der Waals surface area (Å²) in [6.45, 7) is 5.89. The second kappa shape index (κ2) is 4.68. The van der Waals surface area contributed by atoms with Gasteiger partial charge in [-0.25, -0.2) is 19.4 Å². The van der Waals surface area contributed by atoms with Crippen molar-refractivity contribution in [3.63, 3.8) is 0 Å². The minimum Gasteiger partial charge on any atom is -0.476 e. The average molecular weight is 261 g/mol. The Labute approximate surface area is 110 Å². The summed E-state index contributed by atoms with van der Waals surface area (Å²) in [7, 11) is 0. The molecule has 0 aliphatic heterocycles. The SMILES string of the molecule is Cc1cc(C(C)C)nc(-n2cc(N)c(C(=O)O)n2)n1. The molecule has 0 aliphatic rings. The normalized spacial score (nSPS) is 10.9. The maximum Gasteiger partial charge on any atom is 0.358 e. The van der Waals surface area contributed by atoms with Gasteiger partial charge in [0, 0.05) is 11.4 Å². The van der Waals surface area contributed by atoms with Gasteiger partial charge in [-0.3, -0.25) is 0 Å². The highest BCUT2D eigenvalue weighted by atomic mass is 16.4. The summed E-state index contributed by atoms with van der Waals surface area (Å²) in [5, 5.41) is 12.8. The third-order valence-electron chi connectivity index (χ3n) is 2.60. The second-order valence-electron chi connectivity index (χ2n) is 4.57. The molecule has 100 valence electrons. The van der Waals surface area contributed by atoms with E-state index in [9.17, 15) is 4.79 Å². The second-order valence-corrected chi connectivity index (χ2v) is 4.57. The molecule has 0 amide bonds. The van der Waals surface area contributed by atoms with Crippen LogP contribution in [0.3, 0.4) is 0 Å². The van der Waals surface area contributed by atoms with Crippen LogP contribution in [0.2, 0.25) is 0 Å². The van der Waals surface area contributed by atoms with Gasteiger partial charge in [0.25, 0.3) is 5.95 Å². The van der Waals surface area contributed by atoms with E-state index in [4.69, 9.17) is 10.8 Å². The van der Waals surface area contributed by atoms with Crippen LogP contribution < -0.4 is 5.73 Å². The van der Waals surface area contributed by atoms with Crippen molar-refractivity contribution in [3.05, 3.63) is 29.3 Å². The zero-order valence-electron chi connectivity index (χ0n) is 11.0. The molecule has 0 bridgehead atoms. The molecule has 7 heteroatoms. The molecule has 0 saturated heterocycles. The topological polar surface area (TPSA) is 107 Å². The number of aromatic nitrogens is 4. The summed E-state index contributed by atoms with van der Waals surface area (Å²) in [4.78, 5) is 19.5. The summed E-state index contributed by atoms with van der Waals surface area (Å²) in [5.41, 5.74) is 7.14. The van der Waals surface area contributed by atoms with Crippen molar-refractivity contribution < 1.29 is 9.90 Å². The maximum absolute atomic E-state index is 10.9. The van der Waals surface area contributed by atoms with Crippen LogP contribution >= 0.6 is 0 Å². The average Bonchev–Trinajstić information content (AvgIpc) is 2.70. The lowest BCUT2D eigenvalue weighted by molar-refractivity contribution is 0.0691. The molecule has 0 aliphatic carbocycles. The number of aryl methyl sites for hydroxylation is 1. The minimum absolute atomic E-state index is 0.0868. The molecule has 0 atom stereocenters. The predicted octanol–water partition coefficient (Wildman–Crippen LogP) is 1.37. The summed E-state index contributed by atoms with van der Waals surface area (Å²) in [5.74, 6) is -0.608. The zero-order chi connectivity index (χ0) is 14.2. The number of rotatable bonds is 3. The van der Waals surface area contributed by atoms with Crippen molar-refractivity contribution in [1.82, 2.24) is 19.7 Å². The zero-order valence-corrected chi connectivity index (χ0v) is 11.0. The van der Waals surface area contributed by atoms with E-state index in [0.29, 0.717) is 5.95 Å². The van der Waals surface area contributed by atoms with E-state index in [1.54, 1.807) is 0 Å². The molecule has 0 unspecified atom stereocenters. The predicted molar refractivity (Wildman–Crippen MR) is 69.4 cm³/mol. The van der Waals surface area contributed by atoms with Gasteiger partial charge in [0.05, 0.1) is 11.9 Å². The van der Waals surface area contributed by atoms with Crippen molar-refractivity contribution >= 4 is 11.7 Å². The Balaban J connectivity index is 2.52. The van der Waals surface area contributed by atoms with E-state index in [2.05, 4.69) is 15.1 Å². The number of carboxylic acids is 1. The van der Waals surface area contributed by atoms with E-state index < -0.39 is 5.97 Å². The molecule has 0 saturated carbocycles. The van der Waals surface area contributed by atoms with Gasteiger partial charge >= 0.3 is 5.97 Å². The number of nitrogens with zero attached hydrogens (tertiary/aromatic N) is 4. The molecule has 3 N–H and O–H groups in total. The van der Waals surface area contributed by atoms with Crippen LogP contribution in [0.4, 0.5) is 5.69 Å². The standard InChI is InChI=1S/C12H15N5O2/c1-6(2)9-4-7(3)14-12(15-9)17-5-8(13)10(16-17)11(18)19/h4-6H,13H2,1-3H3,(H,18,19). The van der Waals surface area contributed by atoms with Crippen LogP contribution in [0.5, 0.6) is 0 Å². The third-order valence-corrected chi connectivity index (χ3v) is 2.60. The third kappa shape index (κ3) is 2.54. The number of anilines is 1. The van der Waals surface area contributed by atoms with Crippen molar-refractivity contribution in [2.45, 2.75) is 26.7 Å². The van der Waals surface area contributed by atoms with E-state index in [-0.39, 0.29) is 17.3 Å². The lowest BCUT2D eigenvalue weighted by atomic mass is 10.1. The fourth-order valence-corrected chi connectivity index (χ4v) is 1.63. The van der Waals surface area contributed by atoms with Gasteiger partial charge in [-0.05, 0) is 18.9 Å². The molecule has 7 nitrogen and oxygen atoms in total. The van der Waals surface area contributed by atoms with Gasteiger partial charge in [0.1, 0.15) is 0 Å². The smallest absolute Gasteiger partial charge is 0.358 e. The monoisotopic (exact) mass is 261 g/mol. The Morgan fingerprint density at radius 1 is 1.42 bits per heavy atom. The Bertz CT molecular complexity index is 633. The molecule has 0 aromatic carbocycles. The molecular formula is C12H15N5O2. The molecule has 19 heavy (non-hydrogen) atoms. The van der Waals surface area contributed by atoms with Crippen LogP contribution in [0.15, 0.2) is 12.3 Å². The summed E-state index contributed by atoms with van der Waals surface area (Å²) < 4.78 is 1.29. The van der Waals surface area contributed by atoms with Gasteiger partial charge in [-0.1, -0.05) is 13.8 Å². The van der Waals surface area contributed by atoms with Crippen LogP contribution in [-0.4, -0.2) is 30.8 Å². The number of nitrogens with two attached hydrogens (primary N) is 1. The van der Waals surface area contributed by atoms with Gasteiger partial charge in [-0.2, -0.15) is 5.10 Å². The summed E-state index contributed by atoms with van der Waals surface area (Å²) in [6.07, 6.45) is 1.41. The maximum atomic E-state index is 10.9. The number of aromatic carboxylic acids is 1. The summed E-state index contributed by atoms with van der Waals surface area (Å²) in [6, 6.07) is 1.89. The van der Waals surface area contributed by atoms with Gasteiger partial charge in [-0.15, -0.1) is 0 Å². The van der Waals surface area contributed by atoms with Crippen molar-refractivity contribution in [3.8, 4) is 5.95 Å². The molecule has 0 radical (unpaired) electrons. The number of hydrogen-bond acceptors (Lipinski definition) is 5. The number of hydrogen-bond donors (Lipinski definition) is 2. The summed E-state index contributed by atoms with van der Waals surface area (Å²) >= 11 is 0. The Morgan fingerprint density at radius 2 is 2.11 bits per heavy atom. The van der Waals surface area contributed by atoms with Crippen LogP contribution in [0.1, 0.15) is 41.6 Å². The fourth-order valence-electron chi connectivity index (χ4n) is 1.63. The first-order valence-corrected chi connectivity index (χ1v) is 5.83. The molecule has 2 rings (SSSR count). The first kappa shape index (κ1) is 13.0. The molecule has 2 aromatic heterocycles. The fraction of sp³-hybridized carbons (Fsp3) is 0.333. The molecule has 0 fully saturated rings. The van der Waals surface area contributed by atoms with Crippen LogP contribution in [-0.2, 0) is 0 Å². The largest absolute Gasteiger partial charge is 0.476 e. The van der Waals surface area contributed by atoms with E-state index in [1.165, 1.54) is 10.9 Å². The van der Waals surface area contributed by atoms with Gasteiger partial charge in [0.15, 0.2) is 5.69 Å². The lowest BCUT2D eigenvalue weighted by Gasteiger charge is -2.07. The highest BCUT2D eigenvalue weighted by Gasteiger charge is 2.16. The number of carbonyl (C=O) groups is 1. The van der Waals surface area contributed by atoms with Crippen LogP contribution in [0.25, 0.3) is 5.95 Å². The van der Waals surface area contributed by atoms with E-state index >= 15 is 0 Å². The molecule has 2 aromatic rings. The Hall–Kier alpha value is -2.44. The molecular weight excluding hydrogens is 246 g/mol. The van der Waals surface area contributed by atoms with Crippen molar-refractivity contribution in [2.75, 3.05) is 5.73 Å². The van der Waals surface area contributed by atoms with Crippen molar-refractivity contribution in [2.24, 2.45) is 0 Å². The van der Waals surface area contributed by atoms with E-state index in [0.717, 1.165) is 11.4 Å². The number of carboxylic acid groups (broad SMARTS) is 1. The van der Waals surface area contributed by atoms with E-state index in [1.807, 2.05) is 26.8 Å². The quantitative estimate of drug-likeness (QED) is 0.864. The number of nitrogen functional groups attached to an aromatic ring is 1. The molecule has 0 spiro atoms. The molecule has 2 heterocycles. The van der Waals surface area contributed by atoms with Crippen molar-refractivity contribution in [1.29, 1.82) is 0 Å². The highest BCUT2D eigenvalue weighted by molar-refractivity contribution is 5.91. The highest BCUT2D eigenvalue weighted by Crippen LogP contribution is 2.16. The Morgan fingerprint density at radius 3 is 2.63 bits per heavy atom. The van der Waals surface area contributed by atoms with Gasteiger partial charge in [0.2, 0.25) is 0 Å². The first-order valence-electron chi connectivity index (χ1n) is 5.83.